The van der Waals surface area contributed by atoms with Gasteiger partial charge in [0.05, 0.1) is 11.6 Å². The summed E-state index contributed by atoms with van der Waals surface area (Å²) in [7, 11) is 0. The van der Waals surface area contributed by atoms with Crippen molar-refractivity contribution in [3.05, 3.63) is 56.1 Å². The number of rotatable bonds is 12. The van der Waals surface area contributed by atoms with Crippen molar-refractivity contribution in [1.82, 2.24) is 9.97 Å². The van der Waals surface area contributed by atoms with Crippen LogP contribution in [0, 0.1) is 19.3 Å². The summed E-state index contributed by atoms with van der Waals surface area (Å²) in [5.74, 6) is 4.80. The van der Waals surface area contributed by atoms with E-state index in [4.69, 9.17) is 12.2 Å². The van der Waals surface area contributed by atoms with Crippen molar-refractivity contribution in [2.75, 3.05) is 11.1 Å². The number of aryl methyl sites for hydroxylation is 1. The fraction of sp³-hybridized carbons (Fsp3) is 0.500. The number of nitrogens with two attached hydrogens (primary N) is 1. The molecule has 0 aliphatic carbocycles. The highest BCUT2D eigenvalue weighted by Crippen LogP contribution is 2.28. The number of terminal acetylenes is 1. The lowest BCUT2D eigenvalue weighted by molar-refractivity contribution is 0.678. The summed E-state index contributed by atoms with van der Waals surface area (Å²) < 4.78 is 0. The summed E-state index contributed by atoms with van der Waals surface area (Å²) in [6, 6.07) is 0.0173. The van der Waals surface area contributed by atoms with E-state index in [2.05, 4.69) is 41.1 Å². The Kier molecular flexibility index (Phi) is 11.8. The molecule has 0 bridgehead atoms. The standard InChI is InChI=1S/C24H36N4OS/c1-7-10-11-12-14-17(4)15-13-16-21(22(18(5)25)30-9-3)28-23-20(8-2)24(29)27-19(6)26-23/h1,11-12,14,21H,8-10,13,15-16,25H2,2-6H3,(H2,26,27,28,29)/b12-11-,17-14+,22-18?. The van der Waals surface area contributed by atoms with Gasteiger partial charge in [-0.05, 0) is 52.2 Å². The number of aromatic amines is 1. The molecule has 1 rings (SSSR count). The number of nitrogens with one attached hydrogen (secondary N) is 2. The van der Waals surface area contributed by atoms with Crippen LogP contribution in [0.25, 0.3) is 0 Å². The number of hydrogen-bond acceptors (Lipinski definition) is 5. The van der Waals surface area contributed by atoms with Crippen molar-refractivity contribution in [3.63, 3.8) is 0 Å². The highest BCUT2D eigenvalue weighted by molar-refractivity contribution is 8.03. The molecule has 1 aromatic heterocycles. The molecule has 1 aromatic rings. The van der Waals surface area contributed by atoms with Crippen LogP contribution in [0.2, 0.25) is 0 Å². The number of anilines is 1. The van der Waals surface area contributed by atoms with Crippen LogP contribution in [0.3, 0.4) is 0 Å². The molecule has 1 heterocycles. The Morgan fingerprint density at radius 1 is 1.40 bits per heavy atom. The first-order valence-corrected chi connectivity index (χ1v) is 11.5. The van der Waals surface area contributed by atoms with Crippen LogP contribution >= 0.6 is 11.8 Å². The molecule has 4 N–H and O–H groups in total. The van der Waals surface area contributed by atoms with Gasteiger partial charge in [0.25, 0.3) is 5.56 Å². The molecule has 0 spiro atoms. The Balaban J connectivity index is 3.04. The second kappa shape index (κ2) is 13.8. The van der Waals surface area contributed by atoms with E-state index in [0.717, 1.165) is 35.6 Å². The van der Waals surface area contributed by atoms with Crippen molar-refractivity contribution in [2.45, 2.75) is 72.8 Å². The summed E-state index contributed by atoms with van der Waals surface area (Å²) in [6.07, 6.45) is 15.5. The first kappa shape index (κ1) is 25.6. The SMILES string of the molecule is C#CC/C=C\C=C(/C)CCCC(Nc1nc(C)[nH]c(=O)c1CC)C(SCC)=C(C)N. The number of aromatic nitrogens is 2. The average molecular weight is 429 g/mol. The van der Waals surface area contributed by atoms with Crippen molar-refractivity contribution in [1.29, 1.82) is 0 Å². The lowest BCUT2D eigenvalue weighted by Crippen LogP contribution is -2.27. The van der Waals surface area contributed by atoms with E-state index >= 15 is 0 Å². The van der Waals surface area contributed by atoms with E-state index in [9.17, 15) is 4.79 Å². The maximum Gasteiger partial charge on any atom is 0.256 e. The molecule has 0 aromatic carbocycles. The molecule has 0 aliphatic heterocycles. The van der Waals surface area contributed by atoms with Gasteiger partial charge in [-0.1, -0.05) is 37.6 Å². The minimum absolute atomic E-state index is 0.0173. The monoisotopic (exact) mass is 428 g/mol. The Morgan fingerprint density at radius 3 is 2.73 bits per heavy atom. The molecule has 0 aliphatic rings. The second-order valence-electron chi connectivity index (χ2n) is 7.25. The molecule has 1 unspecified atom stereocenters. The number of nitrogens with zero attached hydrogens (tertiary/aromatic N) is 1. The quantitative estimate of drug-likeness (QED) is 0.320. The molecule has 5 nitrogen and oxygen atoms in total. The predicted molar refractivity (Wildman–Crippen MR) is 132 cm³/mol. The fourth-order valence-electron chi connectivity index (χ4n) is 3.17. The van der Waals surface area contributed by atoms with Crippen molar-refractivity contribution < 1.29 is 0 Å². The number of hydrogen-bond donors (Lipinski definition) is 3. The van der Waals surface area contributed by atoms with Crippen LogP contribution in [0.4, 0.5) is 5.82 Å². The summed E-state index contributed by atoms with van der Waals surface area (Å²) in [6.45, 7) is 9.95. The predicted octanol–water partition coefficient (Wildman–Crippen LogP) is 5.06. The highest BCUT2D eigenvalue weighted by atomic mass is 32.2. The van der Waals surface area contributed by atoms with Crippen LogP contribution in [0.1, 0.15) is 64.8 Å². The van der Waals surface area contributed by atoms with Gasteiger partial charge < -0.3 is 16.0 Å². The molecule has 164 valence electrons. The van der Waals surface area contributed by atoms with Crippen LogP contribution < -0.4 is 16.6 Å². The van der Waals surface area contributed by atoms with Gasteiger partial charge >= 0.3 is 0 Å². The van der Waals surface area contributed by atoms with E-state index < -0.39 is 0 Å². The molecule has 0 saturated carbocycles. The smallest absolute Gasteiger partial charge is 0.256 e. The van der Waals surface area contributed by atoms with E-state index in [-0.39, 0.29) is 11.6 Å². The summed E-state index contributed by atoms with van der Waals surface area (Å²) in [4.78, 5) is 20.8. The molecule has 0 fully saturated rings. The summed E-state index contributed by atoms with van der Waals surface area (Å²) in [5, 5.41) is 3.53. The van der Waals surface area contributed by atoms with Gasteiger partial charge in [-0.15, -0.1) is 24.1 Å². The van der Waals surface area contributed by atoms with E-state index in [1.165, 1.54) is 5.57 Å². The third-order valence-electron chi connectivity index (χ3n) is 4.62. The van der Waals surface area contributed by atoms with Gasteiger partial charge in [-0.3, -0.25) is 4.79 Å². The molecule has 0 amide bonds. The van der Waals surface area contributed by atoms with Gasteiger partial charge in [0.1, 0.15) is 11.6 Å². The highest BCUT2D eigenvalue weighted by Gasteiger charge is 2.19. The second-order valence-corrected chi connectivity index (χ2v) is 8.56. The van der Waals surface area contributed by atoms with Gasteiger partial charge in [0, 0.05) is 17.0 Å². The first-order chi connectivity index (χ1) is 14.3. The number of allylic oxidation sites excluding steroid dienone is 5. The zero-order valence-electron chi connectivity index (χ0n) is 19.0. The van der Waals surface area contributed by atoms with Crippen molar-refractivity contribution in [2.24, 2.45) is 5.73 Å². The molecule has 1 atom stereocenters. The Labute approximate surface area is 185 Å². The Morgan fingerprint density at radius 2 is 2.13 bits per heavy atom. The third-order valence-corrected chi connectivity index (χ3v) is 5.83. The normalized spacial score (nSPS) is 13.8. The lowest BCUT2D eigenvalue weighted by atomic mass is 10.0. The van der Waals surface area contributed by atoms with Gasteiger partial charge in [-0.25, -0.2) is 4.98 Å². The molecule has 0 saturated heterocycles. The minimum atomic E-state index is -0.0815. The maximum absolute atomic E-state index is 12.3. The van der Waals surface area contributed by atoms with Crippen LogP contribution in [-0.2, 0) is 6.42 Å². The first-order valence-electron chi connectivity index (χ1n) is 10.5. The van der Waals surface area contributed by atoms with Gasteiger partial charge in [0.2, 0.25) is 0 Å². The largest absolute Gasteiger partial charge is 0.402 e. The number of H-pyrrole nitrogens is 1. The van der Waals surface area contributed by atoms with E-state index in [0.29, 0.717) is 30.0 Å². The third kappa shape index (κ3) is 8.54. The summed E-state index contributed by atoms with van der Waals surface area (Å²) in [5.41, 5.74) is 8.94. The molecule has 0 radical (unpaired) electrons. The maximum atomic E-state index is 12.3. The van der Waals surface area contributed by atoms with Gasteiger partial charge in [0.15, 0.2) is 0 Å². The van der Waals surface area contributed by atoms with Gasteiger partial charge in [-0.2, -0.15) is 0 Å². The molecule has 30 heavy (non-hydrogen) atoms. The zero-order chi connectivity index (χ0) is 22.5. The average Bonchev–Trinajstić information content (AvgIpc) is 2.68. The van der Waals surface area contributed by atoms with Crippen molar-refractivity contribution >= 4 is 17.6 Å². The van der Waals surface area contributed by atoms with Crippen LogP contribution in [0.15, 0.2) is 39.2 Å². The Bertz CT molecular complexity index is 870. The van der Waals surface area contributed by atoms with Crippen LogP contribution in [0.5, 0.6) is 0 Å². The Hall–Kier alpha value is -2.39. The summed E-state index contributed by atoms with van der Waals surface area (Å²) >= 11 is 1.75. The fourth-order valence-corrected chi connectivity index (χ4v) is 4.09. The lowest BCUT2D eigenvalue weighted by Gasteiger charge is -2.24. The van der Waals surface area contributed by atoms with Crippen LogP contribution in [-0.4, -0.2) is 21.8 Å². The molecule has 6 heteroatoms. The zero-order valence-corrected chi connectivity index (χ0v) is 19.8. The molecular formula is C24H36N4OS. The molecular weight excluding hydrogens is 392 g/mol. The van der Waals surface area contributed by atoms with E-state index in [1.54, 1.807) is 18.7 Å². The number of thioether (sulfide) groups is 1. The van der Waals surface area contributed by atoms with Crippen molar-refractivity contribution in [3.8, 4) is 12.3 Å². The topological polar surface area (TPSA) is 83.8 Å². The van der Waals surface area contributed by atoms with E-state index in [1.807, 2.05) is 26.0 Å². The minimum Gasteiger partial charge on any atom is -0.402 e.